The van der Waals surface area contributed by atoms with Gasteiger partial charge in [-0.1, -0.05) is 13.3 Å². The van der Waals surface area contributed by atoms with E-state index in [-0.39, 0.29) is 11.8 Å². The van der Waals surface area contributed by atoms with Crippen molar-refractivity contribution in [3.8, 4) is 0 Å². The quantitative estimate of drug-likeness (QED) is 0.680. The van der Waals surface area contributed by atoms with E-state index in [0.717, 1.165) is 25.1 Å². The number of nitrogens with one attached hydrogen (secondary N) is 3. The van der Waals surface area contributed by atoms with E-state index in [2.05, 4.69) is 27.9 Å². The number of hydrogen-bond donors (Lipinski definition) is 3. The third-order valence-corrected chi connectivity index (χ3v) is 3.32. The second-order valence-corrected chi connectivity index (χ2v) is 5.42. The molecule has 0 saturated carbocycles. The maximum absolute atomic E-state index is 12.3. The largest absolute Gasteiger partial charge is 0.385 e. The van der Waals surface area contributed by atoms with Crippen LogP contribution in [0.15, 0.2) is 42.6 Å². The van der Waals surface area contributed by atoms with E-state index in [1.165, 1.54) is 6.92 Å². The molecule has 0 saturated heterocycles. The number of hydrogen-bond acceptors (Lipinski definition) is 4. The lowest BCUT2D eigenvalue weighted by atomic mass is 10.2. The van der Waals surface area contributed by atoms with Crippen molar-refractivity contribution in [3.63, 3.8) is 0 Å². The fraction of sp³-hybridized carbons (Fsp3) is 0.278. The zero-order valence-corrected chi connectivity index (χ0v) is 13.9. The number of amides is 2. The van der Waals surface area contributed by atoms with Crippen molar-refractivity contribution in [2.24, 2.45) is 0 Å². The van der Waals surface area contributed by atoms with E-state index < -0.39 is 0 Å². The van der Waals surface area contributed by atoms with Crippen LogP contribution < -0.4 is 16.0 Å². The molecule has 0 radical (unpaired) electrons. The van der Waals surface area contributed by atoms with Crippen LogP contribution in [-0.2, 0) is 4.79 Å². The maximum Gasteiger partial charge on any atom is 0.274 e. The highest BCUT2D eigenvalue weighted by Gasteiger charge is 2.08. The van der Waals surface area contributed by atoms with Crippen LogP contribution in [0.2, 0.25) is 0 Å². The van der Waals surface area contributed by atoms with Gasteiger partial charge in [-0.05, 0) is 42.8 Å². The highest BCUT2D eigenvalue weighted by Crippen LogP contribution is 2.15. The predicted molar refractivity (Wildman–Crippen MR) is 96.3 cm³/mol. The number of pyridine rings is 1. The Kier molecular flexibility index (Phi) is 6.31. The predicted octanol–water partition coefficient (Wildman–Crippen LogP) is 3.50. The van der Waals surface area contributed by atoms with Crippen LogP contribution in [0.4, 0.5) is 17.1 Å². The second kappa shape index (κ2) is 8.67. The van der Waals surface area contributed by atoms with Crippen LogP contribution in [0.3, 0.4) is 0 Å². The summed E-state index contributed by atoms with van der Waals surface area (Å²) in [6, 6.07) is 10.5. The minimum Gasteiger partial charge on any atom is -0.385 e. The first-order valence-electron chi connectivity index (χ1n) is 7.97. The third kappa shape index (κ3) is 5.39. The summed E-state index contributed by atoms with van der Waals surface area (Å²) in [6.07, 6.45) is 3.80. The van der Waals surface area contributed by atoms with E-state index in [9.17, 15) is 9.59 Å². The Morgan fingerprint density at radius 1 is 1.00 bits per heavy atom. The van der Waals surface area contributed by atoms with E-state index in [1.54, 1.807) is 36.5 Å². The van der Waals surface area contributed by atoms with Gasteiger partial charge in [-0.15, -0.1) is 0 Å². The van der Waals surface area contributed by atoms with Crippen molar-refractivity contribution >= 4 is 28.9 Å². The van der Waals surface area contributed by atoms with Gasteiger partial charge in [-0.25, -0.2) is 0 Å². The average Bonchev–Trinajstić information content (AvgIpc) is 2.57. The van der Waals surface area contributed by atoms with Crippen molar-refractivity contribution in [1.29, 1.82) is 0 Å². The number of nitrogens with zero attached hydrogens (tertiary/aromatic N) is 1. The molecule has 1 aromatic carbocycles. The zero-order valence-electron chi connectivity index (χ0n) is 13.9. The standard InChI is InChI=1S/C18H22N4O2/c1-3-4-10-19-16-9-11-20-17(12-16)18(24)22-15-7-5-14(6-8-15)21-13(2)23/h5-9,11-12H,3-4,10H2,1-2H3,(H,19,20)(H,21,23)(H,22,24). The van der Waals surface area contributed by atoms with E-state index >= 15 is 0 Å². The summed E-state index contributed by atoms with van der Waals surface area (Å²) in [5, 5.41) is 8.74. The fourth-order valence-electron chi connectivity index (χ4n) is 2.11. The van der Waals surface area contributed by atoms with Gasteiger partial charge in [-0.3, -0.25) is 14.6 Å². The summed E-state index contributed by atoms with van der Waals surface area (Å²) < 4.78 is 0. The molecular weight excluding hydrogens is 304 g/mol. The first-order chi connectivity index (χ1) is 11.6. The van der Waals surface area contributed by atoms with Crippen molar-refractivity contribution < 1.29 is 9.59 Å². The molecule has 0 unspecified atom stereocenters. The van der Waals surface area contributed by atoms with Crippen LogP contribution in [0.25, 0.3) is 0 Å². The van der Waals surface area contributed by atoms with Crippen LogP contribution >= 0.6 is 0 Å². The number of unbranched alkanes of at least 4 members (excludes halogenated alkanes) is 1. The molecule has 3 N–H and O–H groups in total. The molecule has 24 heavy (non-hydrogen) atoms. The van der Waals surface area contributed by atoms with Gasteiger partial charge in [0.05, 0.1) is 0 Å². The number of carbonyl (C=O) groups is 2. The molecule has 2 rings (SSSR count). The van der Waals surface area contributed by atoms with E-state index in [0.29, 0.717) is 17.1 Å². The normalized spacial score (nSPS) is 10.1. The lowest BCUT2D eigenvalue weighted by Gasteiger charge is -2.09. The molecule has 6 heteroatoms. The van der Waals surface area contributed by atoms with E-state index in [1.807, 2.05) is 6.07 Å². The fourth-order valence-corrected chi connectivity index (χ4v) is 2.11. The maximum atomic E-state index is 12.3. The number of aromatic nitrogens is 1. The lowest BCUT2D eigenvalue weighted by Crippen LogP contribution is -2.14. The highest BCUT2D eigenvalue weighted by atomic mass is 16.2. The van der Waals surface area contributed by atoms with E-state index in [4.69, 9.17) is 0 Å². The molecule has 0 atom stereocenters. The summed E-state index contributed by atoms with van der Waals surface area (Å²) in [6.45, 7) is 4.44. The Hall–Kier alpha value is -2.89. The van der Waals surface area contributed by atoms with Crippen molar-refractivity contribution in [3.05, 3.63) is 48.3 Å². The molecule has 1 aromatic heterocycles. The lowest BCUT2D eigenvalue weighted by molar-refractivity contribution is -0.114. The van der Waals surface area contributed by atoms with Crippen molar-refractivity contribution in [1.82, 2.24) is 4.98 Å². The van der Waals surface area contributed by atoms with Crippen LogP contribution in [0.5, 0.6) is 0 Å². The van der Waals surface area contributed by atoms with Crippen LogP contribution in [-0.4, -0.2) is 23.3 Å². The first kappa shape index (κ1) is 17.5. The zero-order chi connectivity index (χ0) is 17.4. The summed E-state index contributed by atoms with van der Waals surface area (Å²) >= 11 is 0. The van der Waals surface area contributed by atoms with Gasteiger partial charge in [0, 0.05) is 36.7 Å². The molecule has 6 nitrogen and oxygen atoms in total. The van der Waals surface area contributed by atoms with Gasteiger partial charge in [0.15, 0.2) is 0 Å². The number of rotatable bonds is 7. The molecule has 1 heterocycles. The minimum atomic E-state index is -0.276. The average molecular weight is 326 g/mol. The Bertz CT molecular complexity index is 698. The number of benzene rings is 1. The molecule has 0 aliphatic heterocycles. The molecular formula is C18H22N4O2. The highest BCUT2D eigenvalue weighted by molar-refractivity contribution is 6.03. The molecule has 2 aromatic rings. The molecule has 126 valence electrons. The Balaban J connectivity index is 1.98. The SMILES string of the molecule is CCCCNc1ccnc(C(=O)Nc2ccc(NC(C)=O)cc2)c1. The van der Waals surface area contributed by atoms with Gasteiger partial charge >= 0.3 is 0 Å². The second-order valence-electron chi connectivity index (χ2n) is 5.42. The van der Waals surface area contributed by atoms with Crippen molar-refractivity contribution in [2.75, 3.05) is 22.5 Å². The number of anilines is 3. The van der Waals surface area contributed by atoms with Gasteiger partial charge in [0.1, 0.15) is 5.69 Å². The van der Waals surface area contributed by atoms with Gasteiger partial charge < -0.3 is 16.0 Å². The van der Waals surface area contributed by atoms with Gasteiger partial charge in [0.25, 0.3) is 5.91 Å². The van der Waals surface area contributed by atoms with Crippen LogP contribution in [0, 0.1) is 0 Å². The molecule has 0 fully saturated rings. The molecule has 0 bridgehead atoms. The smallest absolute Gasteiger partial charge is 0.274 e. The minimum absolute atomic E-state index is 0.136. The first-order valence-corrected chi connectivity index (χ1v) is 7.97. The Morgan fingerprint density at radius 3 is 2.29 bits per heavy atom. The van der Waals surface area contributed by atoms with Crippen molar-refractivity contribution in [2.45, 2.75) is 26.7 Å². The molecule has 0 aliphatic carbocycles. The van der Waals surface area contributed by atoms with Gasteiger partial charge in [-0.2, -0.15) is 0 Å². The van der Waals surface area contributed by atoms with Crippen LogP contribution in [0.1, 0.15) is 37.2 Å². The molecule has 0 aliphatic rings. The Labute approximate surface area is 141 Å². The van der Waals surface area contributed by atoms with Gasteiger partial charge in [0.2, 0.25) is 5.91 Å². The summed E-state index contributed by atoms with van der Waals surface area (Å²) in [7, 11) is 0. The summed E-state index contributed by atoms with van der Waals surface area (Å²) in [4.78, 5) is 27.4. The molecule has 2 amide bonds. The Morgan fingerprint density at radius 2 is 1.67 bits per heavy atom. The number of carbonyl (C=O) groups excluding carboxylic acids is 2. The monoisotopic (exact) mass is 326 g/mol. The summed E-state index contributed by atoms with van der Waals surface area (Å²) in [5.41, 5.74) is 2.55. The topological polar surface area (TPSA) is 83.1 Å². The molecule has 0 spiro atoms. The third-order valence-electron chi connectivity index (χ3n) is 3.32. The summed E-state index contributed by atoms with van der Waals surface area (Å²) in [5.74, 6) is -0.412.